The lowest BCUT2D eigenvalue weighted by molar-refractivity contribution is 0.416. The second-order valence-corrected chi connectivity index (χ2v) is 5.82. The molecule has 0 spiro atoms. The molecular formula is C13H15N3O3S. The topological polar surface area (TPSA) is 94.3 Å². The molecule has 6 nitrogen and oxygen atoms in total. The van der Waals surface area contributed by atoms with Crippen LogP contribution in [0.25, 0.3) is 0 Å². The van der Waals surface area contributed by atoms with E-state index in [4.69, 9.17) is 10.5 Å². The molecule has 0 aliphatic carbocycles. The minimum Gasteiger partial charge on any atom is -0.495 e. The molecule has 0 aliphatic rings. The molecule has 0 bridgehead atoms. The molecule has 0 atom stereocenters. The standard InChI is InChI=1S/C13H15N3O3S/c1-19-13-6-5-11(8-12(13)14)20(17,18)16-9-10-4-2-3-7-15-10/h2-8,16H,9,14H2,1H3. The first-order valence-electron chi connectivity index (χ1n) is 5.86. The van der Waals surface area contributed by atoms with Gasteiger partial charge in [-0.05, 0) is 30.3 Å². The first-order valence-corrected chi connectivity index (χ1v) is 7.34. The maximum atomic E-state index is 12.1. The number of pyridine rings is 1. The fraction of sp³-hybridized carbons (Fsp3) is 0.154. The highest BCUT2D eigenvalue weighted by molar-refractivity contribution is 7.89. The number of hydrogen-bond donors (Lipinski definition) is 2. The predicted molar refractivity (Wildman–Crippen MR) is 75.7 cm³/mol. The van der Waals surface area contributed by atoms with Crippen LogP contribution < -0.4 is 15.2 Å². The Labute approximate surface area is 117 Å². The normalized spacial score (nSPS) is 11.2. The summed E-state index contributed by atoms with van der Waals surface area (Å²) in [5.74, 6) is 0.439. The van der Waals surface area contributed by atoms with Crippen molar-refractivity contribution in [1.82, 2.24) is 9.71 Å². The molecular weight excluding hydrogens is 278 g/mol. The first kappa shape index (κ1) is 14.3. The molecule has 1 aromatic heterocycles. The Bertz CT molecular complexity index is 687. The van der Waals surface area contributed by atoms with E-state index in [1.54, 1.807) is 24.4 Å². The SMILES string of the molecule is COc1ccc(S(=O)(=O)NCc2ccccn2)cc1N. The first-order chi connectivity index (χ1) is 9.53. The number of nitrogen functional groups attached to an aromatic ring is 1. The summed E-state index contributed by atoms with van der Waals surface area (Å²) in [6.07, 6.45) is 1.61. The number of nitrogens with one attached hydrogen (secondary N) is 1. The van der Waals surface area contributed by atoms with Gasteiger partial charge in [0.1, 0.15) is 5.75 Å². The molecule has 106 valence electrons. The number of ether oxygens (including phenoxy) is 1. The number of rotatable bonds is 5. The van der Waals surface area contributed by atoms with Crippen LogP contribution >= 0.6 is 0 Å². The molecule has 0 amide bonds. The van der Waals surface area contributed by atoms with Crippen molar-refractivity contribution >= 4 is 15.7 Å². The third-order valence-electron chi connectivity index (χ3n) is 2.68. The number of methoxy groups -OCH3 is 1. The van der Waals surface area contributed by atoms with Gasteiger partial charge in [0.15, 0.2) is 0 Å². The molecule has 0 aliphatic heterocycles. The molecule has 0 saturated carbocycles. The van der Waals surface area contributed by atoms with Crippen molar-refractivity contribution in [3.8, 4) is 5.75 Å². The summed E-state index contributed by atoms with van der Waals surface area (Å²) >= 11 is 0. The van der Waals surface area contributed by atoms with Gasteiger partial charge in [-0.3, -0.25) is 4.98 Å². The van der Waals surface area contributed by atoms with Crippen LogP contribution in [0, 0.1) is 0 Å². The van der Waals surface area contributed by atoms with Crippen LogP contribution in [-0.4, -0.2) is 20.5 Å². The number of nitrogens with zero attached hydrogens (tertiary/aromatic N) is 1. The van der Waals surface area contributed by atoms with Gasteiger partial charge in [0.2, 0.25) is 10.0 Å². The van der Waals surface area contributed by atoms with Gasteiger partial charge in [-0.15, -0.1) is 0 Å². The van der Waals surface area contributed by atoms with Crippen LogP contribution in [0.1, 0.15) is 5.69 Å². The molecule has 2 rings (SSSR count). The number of aromatic nitrogens is 1. The fourth-order valence-corrected chi connectivity index (χ4v) is 2.67. The van der Waals surface area contributed by atoms with Gasteiger partial charge < -0.3 is 10.5 Å². The summed E-state index contributed by atoms with van der Waals surface area (Å²) in [5.41, 5.74) is 6.61. The molecule has 7 heteroatoms. The van der Waals surface area contributed by atoms with E-state index in [0.717, 1.165) is 0 Å². The van der Waals surface area contributed by atoms with Crippen molar-refractivity contribution in [2.24, 2.45) is 0 Å². The van der Waals surface area contributed by atoms with E-state index in [9.17, 15) is 8.42 Å². The number of sulfonamides is 1. The average Bonchev–Trinajstić information content (AvgIpc) is 2.46. The maximum absolute atomic E-state index is 12.1. The summed E-state index contributed by atoms with van der Waals surface area (Å²) in [6, 6.07) is 9.62. The van der Waals surface area contributed by atoms with Crippen molar-refractivity contribution in [3.63, 3.8) is 0 Å². The third kappa shape index (κ3) is 3.25. The number of anilines is 1. The minimum absolute atomic E-state index is 0.0896. The third-order valence-corrected chi connectivity index (χ3v) is 4.08. The highest BCUT2D eigenvalue weighted by Gasteiger charge is 2.15. The van der Waals surface area contributed by atoms with E-state index in [0.29, 0.717) is 11.4 Å². The lowest BCUT2D eigenvalue weighted by Gasteiger charge is -2.09. The average molecular weight is 293 g/mol. The van der Waals surface area contributed by atoms with Crippen LogP contribution in [0.4, 0.5) is 5.69 Å². The second-order valence-electron chi connectivity index (χ2n) is 4.05. The van der Waals surface area contributed by atoms with Gasteiger partial charge in [0, 0.05) is 6.20 Å². The molecule has 0 fully saturated rings. The molecule has 2 aromatic rings. The molecule has 0 saturated heterocycles. The molecule has 1 heterocycles. The zero-order valence-electron chi connectivity index (χ0n) is 10.9. The Balaban J connectivity index is 2.16. The van der Waals surface area contributed by atoms with Gasteiger partial charge in [-0.2, -0.15) is 0 Å². The quantitative estimate of drug-likeness (QED) is 0.806. The van der Waals surface area contributed by atoms with E-state index < -0.39 is 10.0 Å². The highest BCUT2D eigenvalue weighted by Crippen LogP contribution is 2.24. The number of benzene rings is 1. The molecule has 0 unspecified atom stereocenters. The van der Waals surface area contributed by atoms with Crippen LogP contribution in [0.5, 0.6) is 5.75 Å². The summed E-state index contributed by atoms with van der Waals surface area (Å²) in [6.45, 7) is 0.120. The van der Waals surface area contributed by atoms with Gasteiger partial charge in [0.05, 0.1) is 29.9 Å². The highest BCUT2D eigenvalue weighted by atomic mass is 32.2. The second kappa shape index (κ2) is 5.89. The monoisotopic (exact) mass is 293 g/mol. The van der Waals surface area contributed by atoms with Gasteiger partial charge in [0.25, 0.3) is 0 Å². The Kier molecular flexibility index (Phi) is 4.21. The van der Waals surface area contributed by atoms with Crippen LogP contribution in [0.2, 0.25) is 0 Å². The van der Waals surface area contributed by atoms with Crippen LogP contribution in [-0.2, 0) is 16.6 Å². The van der Waals surface area contributed by atoms with E-state index in [1.807, 2.05) is 0 Å². The Hall–Kier alpha value is -2.12. The zero-order valence-corrected chi connectivity index (χ0v) is 11.7. The smallest absolute Gasteiger partial charge is 0.241 e. The van der Waals surface area contributed by atoms with Crippen molar-refractivity contribution in [2.45, 2.75) is 11.4 Å². The van der Waals surface area contributed by atoms with Crippen molar-refractivity contribution in [1.29, 1.82) is 0 Å². The number of nitrogens with two attached hydrogens (primary N) is 1. The molecule has 0 radical (unpaired) electrons. The molecule has 3 N–H and O–H groups in total. The van der Waals surface area contributed by atoms with E-state index in [1.165, 1.54) is 25.3 Å². The maximum Gasteiger partial charge on any atom is 0.241 e. The van der Waals surface area contributed by atoms with Crippen molar-refractivity contribution in [2.75, 3.05) is 12.8 Å². The Morgan fingerprint density at radius 2 is 2.10 bits per heavy atom. The van der Waals surface area contributed by atoms with Crippen LogP contribution in [0.15, 0.2) is 47.5 Å². The Morgan fingerprint density at radius 3 is 2.70 bits per heavy atom. The van der Waals surface area contributed by atoms with Gasteiger partial charge >= 0.3 is 0 Å². The van der Waals surface area contributed by atoms with E-state index in [-0.39, 0.29) is 17.1 Å². The lowest BCUT2D eigenvalue weighted by Crippen LogP contribution is -2.23. The van der Waals surface area contributed by atoms with Crippen LogP contribution in [0.3, 0.4) is 0 Å². The minimum atomic E-state index is -3.63. The van der Waals surface area contributed by atoms with Gasteiger partial charge in [-0.1, -0.05) is 6.07 Å². The predicted octanol–water partition coefficient (Wildman–Crippen LogP) is 1.15. The van der Waals surface area contributed by atoms with Crippen molar-refractivity contribution in [3.05, 3.63) is 48.3 Å². The largest absolute Gasteiger partial charge is 0.495 e. The summed E-state index contributed by atoms with van der Waals surface area (Å²) in [7, 11) is -2.16. The molecule has 1 aromatic carbocycles. The lowest BCUT2D eigenvalue weighted by atomic mass is 10.3. The number of hydrogen-bond acceptors (Lipinski definition) is 5. The van der Waals surface area contributed by atoms with E-state index >= 15 is 0 Å². The molecule has 20 heavy (non-hydrogen) atoms. The zero-order chi connectivity index (χ0) is 14.6. The summed E-state index contributed by atoms with van der Waals surface area (Å²) < 4.78 is 31.7. The van der Waals surface area contributed by atoms with Crippen molar-refractivity contribution < 1.29 is 13.2 Å². The van der Waals surface area contributed by atoms with Gasteiger partial charge in [-0.25, -0.2) is 13.1 Å². The fourth-order valence-electron chi connectivity index (χ4n) is 1.63. The summed E-state index contributed by atoms with van der Waals surface area (Å²) in [4.78, 5) is 4.14. The Morgan fingerprint density at radius 1 is 1.30 bits per heavy atom. The summed E-state index contributed by atoms with van der Waals surface area (Å²) in [5, 5.41) is 0. The van der Waals surface area contributed by atoms with E-state index in [2.05, 4.69) is 9.71 Å².